The van der Waals surface area contributed by atoms with E-state index in [-0.39, 0.29) is 6.10 Å². The number of aliphatic hydroxyl groups excluding tert-OH is 1. The monoisotopic (exact) mass is 512 g/mol. The van der Waals surface area contributed by atoms with Crippen LogP contribution in [0.5, 0.6) is 0 Å². The molecule has 4 aliphatic carbocycles. The molecule has 0 aromatic heterocycles. The largest absolute Gasteiger partial charge is 0.393 e. The first-order valence-corrected chi connectivity index (χ1v) is 13.8. The maximum absolute atomic E-state index is 10.3. The van der Waals surface area contributed by atoms with E-state index in [1.807, 2.05) is 0 Å². The van der Waals surface area contributed by atoms with Crippen molar-refractivity contribution in [2.45, 2.75) is 111 Å². The minimum absolute atomic E-state index is 0.0872. The van der Waals surface area contributed by atoms with Crippen molar-refractivity contribution in [3.63, 3.8) is 0 Å². The van der Waals surface area contributed by atoms with E-state index in [0.717, 1.165) is 48.3 Å². The highest BCUT2D eigenvalue weighted by molar-refractivity contribution is 14.1. The van der Waals surface area contributed by atoms with Crippen LogP contribution < -0.4 is 0 Å². The lowest BCUT2D eigenvalue weighted by atomic mass is 9.47. The van der Waals surface area contributed by atoms with Gasteiger partial charge in [-0.1, -0.05) is 59.5 Å². The minimum Gasteiger partial charge on any atom is -0.393 e. The van der Waals surface area contributed by atoms with Gasteiger partial charge in [-0.2, -0.15) is 0 Å². The number of hydrogen-bond donors (Lipinski definition) is 1. The van der Waals surface area contributed by atoms with Crippen molar-refractivity contribution in [3.05, 3.63) is 9.15 Å². The van der Waals surface area contributed by atoms with Gasteiger partial charge >= 0.3 is 0 Å². The summed E-state index contributed by atoms with van der Waals surface area (Å²) in [6.45, 7) is 12.6. The van der Waals surface area contributed by atoms with E-state index in [9.17, 15) is 5.11 Å². The SMILES string of the molecule is CC(C)CCC[C@@H](C)[C@H]1CC[C@H]2[C@@H]3CC(I)=C4CC(O)CC[C@]4(C)[C@H]3CC[C@]12C. The fraction of sp³-hybridized carbons (Fsp3) is 0.926. The summed E-state index contributed by atoms with van der Waals surface area (Å²) in [5, 5.41) is 10.3. The molecule has 8 atom stereocenters. The molecule has 1 N–H and O–H groups in total. The summed E-state index contributed by atoms with van der Waals surface area (Å²) < 4.78 is 1.63. The highest BCUT2D eigenvalue weighted by Crippen LogP contribution is 2.68. The molecule has 0 saturated heterocycles. The first-order valence-electron chi connectivity index (χ1n) is 12.7. The van der Waals surface area contributed by atoms with Crippen LogP contribution in [-0.2, 0) is 0 Å². The Morgan fingerprint density at radius 3 is 2.45 bits per heavy atom. The van der Waals surface area contributed by atoms with Crippen LogP contribution in [0.25, 0.3) is 0 Å². The predicted octanol–water partition coefficient (Wildman–Crippen LogP) is 8.15. The first kappa shape index (κ1) is 22.6. The Morgan fingerprint density at radius 2 is 1.72 bits per heavy atom. The van der Waals surface area contributed by atoms with Gasteiger partial charge in [0.1, 0.15) is 0 Å². The number of hydrogen-bond acceptors (Lipinski definition) is 1. The lowest BCUT2D eigenvalue weighted by Gasteiger charge is -2.59. The van der Waals surface area contributed by atoms with Gasteiger partial charge in [0.05, 0.1) is 6.10 Å². The minimum atomic E-state index is -0.0872. The van der Waals surface area contributed by atoms with E-state index in [1.165, 1.54) is 57.8 Å². The van der Waals surface area contributed by atoms with Gasteiger partial charge in [0, 0.05) is 0 Å². The van der Waals surface area contributed by atoms with E-state index < -0.39 is 0 Å². The van der Waals surface area contributed by atoms with E-state index >= 15 is 0 Å². The molecule has 1 unspecified atom stereocenters. The third kappa shape index (κ3) is 3.89. The van der Waals surface area contributed by atoms with Crippen molar-refractivity contribution in [2.24, 2.45) is 46.3 Å². The quantitative estimate of drug-likeness (QED) is 0.369. The summed E-state index contributed by atoms with van der Waals surface area (Å²) in [6, 6.07) is 0. The lowest BCUT2D eigenvalue weighted by molar-refractivity contribution is -0.0576. The van der Waals surface area contributed by atoms with Crippen molar-refractivity contribution in [1.82, 2.24) is 0 Å². The first-order chi connectivity index (χ1) is 13.7. The molecule has 0 spiro atoms. The molecule has 4 rings (SSSR count). The van der Waals surface area contributed by atoms with E-state index in [0.29, 0.717) is 10.8 Å². The molecular formula is C27H45IO. The molecule has 4 aliphatic rings. The Labute approximate surface area is 194 Å². The van der Waals surface area contributed by atoms with Gasteiger partial charge in [0.25, 0.3) is 0 Å². The summed E-state index contributed by atoms with van der Waals surface area (Å²) in [5.74, 6) is 5.41. The number of allylic oxidation sites excluding steroid dienone is 1. The molecule has 0 aromatic rings. The van der Waals surface area contributed by atoms with Crippen LogP contribution >= 0.6 is 22.6 Å². The molecule has 3 saturated carbocycles. The summed E-state index contributed by atoms with van der Waals surface area (Å²) in [5.41, 5.74) is 2.61. The predicted molar refractivity (Wildman–Crippen MR) is 132 cm³/mol. The van der Waals surface area contributed by atoms with Crippen LogP contribution in [0.3, 0.4) is 0 Å². The molecule has 0 radical (unpaired) electrons. The molecule has 2 heteroatoms. The Hall–Kier alpha value is 0.430. The Morgan fingerprint density at radius 1 is 0.966 bits per heavy atom. The van der Waals surface area contributed by atoms with Crippen LogP contribution in [0.4, 0.5) is 0 Å². The standard InChI is InChI=1S/C27H45IO/c1-17(2)7-6-8-18(3)21-9-10-22-20-16-25(28)24-15-19(29)11-13-27(24,5)23(20)12-14-26(21,22)4/h17-23,29H,6-16H2,1-5H3/t18-,19?,20+,21-,22+,23+,26-,27-/m1/s1. The van der Waals surface area contributed by atoms with Gasteiger partial charge in [0.15, 0.2) is 0 Å². The molecule has 1 nitrogen and oxygen atoms in total. The normalized spacial score (nSPS) is 45.7. The van der Waals surface area contributed by atoms with E-state index in [1.54, 1.807) is 9.15 Å². The molecule has 0 amide bonds. The van der Waals surface area contributed by atoms with Gasteiger partial charge in [-0.3, -0.25) is 0 Å². The molecular weight excluding hydrogens is 467 g/mol. The van der Waals surface area contributed by atoms with Gasteiger partial charge in [-0.25, -0.2) is 0 Å². The molecule has 0 bridgehead atoms. The smallest absolute Gasteiger partial charge is 0.0578 e. The molecule has 0 heterocycles. The summed E-state index contributed by atoms with van der Waals surface area (Å²) in [4.78, 5) is 0. The van der Waals surface area contributed by atoms with Crippen molar-refractivity contribution in [1.29, 1.82) is 0 Å². The molecule has 29 heavy (non-hydrogen) atoms. The maximum atomic E-state index is 10.3. The van der Waals surface area contributed by atoms with Crippen LogP contribution in [0.1, 0.15) is 105 Å². The topological polar surface area (TPSA) is 20.2 Å². The summed E-state index contributed by atoms with van der Waals surface area (Å²) in [6.07, 6.45) is 14.5. The average Bonchev–Trinajstić information content (AvgIpc) is 3.00. The zero-order valence-electron chi connectivity index (χ0n) is 19.6. The second-order valence-corrected chi connectivity index (χ2v) is 13.6. The molecule has 3 fully saturated rings. The van der Waals surface area contributed by atoms with Crippen LogP contribution in [0.2, 0.25) is 0 Å². The maximum Gasteiger partial charge on any atom is 0.0578 e. The van der Waals surface area contributed by atoms with Crippen LogP contribution in [0.15, 0.2) is 9.15 Å². The van der Waals surface area contributed by atoms with Crippen molar-refractivity contribution < 1.29 is 5.11 Å². The second kappa shape index (κ2) is 8.41. The van der Waals surface area contributed by atoms with Gasteiger partial charge in [-0.15, -0.1) is 0 Å². The van der Waals surface area contributed by atoms with Crippen LogP contribution in [-0.4, -0.2) is 11.2 Å². The molecule has 0 aliphatic heterocycles. The fourth-order valence-corrected chi connectivity index (χ4v) is 10.1. The van der Waals surface area contributed by atoms with Crippen molar-refractivity contribution in [2.75, 3.05) is 0 Å². The number of rotatable bonds is 5. The Balaban J connectivity index is 1.53. The highest BCUT2D eigenvalue weighted by Gasteiger charge is 2.59. The Kier molecular flexibility index (Phi) is 6.56. The van der Waals surface area contributed by atoms with Crippen molar-refractivity contribution in [3.8, 4) is 0 Å². The van der Waals surface area contributed by atoms with E-state index in [4.69, 9.17) is 0 Å². The van der Waals surface area contributed by atoms with Gasteiger partial charge in [-0.05, 0) is 124 Å². The third-order valence-electron chi connectivity index (χ3n) is 10.3. The number of aliphatic hydroxyl groups is 1. The van der Waals surface area contributed by atoms with Gasteiger partial charge < -0.3 is 5.11 Å². The van der Waals surface area contributed by atoms with Gasteiger partial charge in [0.2, 0.25) is 0 Å². The lowest BCUT2D eigenvalue weighted by Crippen LogP contribution is -2.51. The number of fused-ring (bicyclic) bond motifs is 5. The molecule has 0 aromatic carbocycles. The zero-order chi connectivity index (χ0) is 21.0. The highest BCUT2D eigenvalue weighted by atomic mass is 127. The van der Waals surface area contributed by atoms with Crippen LogP contribution in [0, 0.1) is 46.3 Å². The summed E-state index contributed by atoms with van der Waals surface area (Å²) >= 11 is 2.67. The average molecular weight is 513 g/mol. The fourth-order valence-electron chi connectivity index (χ4n) is 8.74. The molecule has 166 valence electrons. The number of halogens is 1. The Bertz CT molecular complexity index is 638. The second-order valence-electron chi connectivity index (χ2n) is 12.3. The van der Waals surface area contributed by atoms with E-state index in [2.05, 4.69) is 57.2 Å². The van der Waals surface area contributed by atoms with Crippen molar-refractivity contribution >= 4 is 22.6 Å². The summed E-state index contributed by atoms with van der Waals surface area (Å²) in [7, 11) is 0. The third-order valence-corrected chi connectivity index (χ3v) is 11.4. The zero-order valence-corrected chi connectivity index (χ0v) is 21.8.